The van der Waals surface area contributed by atoms with Crippen molar-refractivity contribution in [3.05, 3.63) is 156 Å². The van der Waals surface area contributed by atoms with Crippen LogP contribution in [-0.4, -0.2) is 49.8 Å². The molecule has 10 heteroatoms. The highest BCUT2D eigenvalue weighted by Crippen LogP contribution is 2.50. The number of halogens is 3. The molecular weight excluding hydrogens is 632 g/mol. The Morgan fingerprint density at radius 3 is 1.29 bits per heavy atom. The molecule has 1 fully saturated rings. The number of nitrogens with one attached hydrogen (secondary N) is 1. The number of benzene rings is 4. The Kier molecular flexibility index (Phi) is 10.7. The molecular formula is C35H33BCl3NO5. The molecule has 1 aliphatic rings. The Hall–Kier alpha value is -3.14. The third-order valence-corrected chi connectivity index (χ3v) is 8.48. The highest BCUT2D eigenvalue weighted by Gasteiger charge is 2.61. The minimum atomic E-state index is -1.96. The van der Waals surface area contributed by atoms with Gasteiger partial charge in [-0.25, -0.2) is 0 Å². The SMILES string of the molecule is COC(c1ccccc1)(c1ccccc1)[C@@H]1OB(/C=C/COC(=N)C(Cl)(Cl)Cl)O[C@H]1C(OC)(c1ccccc1)c1ccccc1. The summed E-state index contributed by atoms with van der Waals surface area (Å²) in [6, 6.07) is 39.8. The van der Waals surface area contributed by atoms with Crippen molar-refractivity contribution in [2.45, 2.75) is 27.2 Å². The summed E-state index contributed by atoms with van der Waals surface area (Å²) in [5.74, 6) is 1.23. The Bertz CT molecular complexity index is 1380. The molecule has 232 valence electrons. The molecule has 4 aromatic rings. The van der Waals surface area contributed by atoms with Crippen LogP contribution in [0.25, 0.3) is 0 Å². The summed E-state index contributed by atoms with van der Waals surface area (Å²) < 4.78 is 30.3. The molecule has 0 amide bonds. The van der Waals surface area contributed by atoms with Crippen molar-refractivity contribution >= 4 is 47.8 Å². The molecule has 0 saturated carbocycles. The molecule has 0 aliphatic carbocycles. The van der Waals surface area contributed by atoms with Crippen LogP contribution in [0.4, 0.5) is 0 Å². The number of hydrogen-bond acceptors (Lipinski definition) is 6. The van der Waals surface area contributed by atoms with Gasteiger partial charge in [0.1, 0.15) is 30.0 Å². The first-order valence-corrected chi connectivity index (χ1v) is 15.5. The number of ether oxygens (including phenoxy) is 3. The van der Waals surface area contributed by atoms with E-state index in [1.54, 1.807) is 26.3 Å². The van der Waals surface area contributed by atoms with Crippen molar-refractivity contribution in [1.29, 1.82) is 5.41 Å². The van der Waals surface area contributed by atoms with Crippen LogP contribution in [0.3, 0.4) is 0 Å². The smallest absolute Gasteiger partial charge is 0.474 e. The molecule has 45 heavy (non-hydrogen) atoms. The van der Waals surface area contributed by atoms with Gasteiger partial charge in [-0.3, -0.25) is 5.41 Å². The van der Waals surface area contributed by atoms with Crippen LogP contribution in [-0.2, 0) is 34.7 Å². The van der Waals surface area contributed by atoms with Crippen molar-refractivity contribution in [1.82, 2.24) is 0 Å². The zero-order chi connectivity index (χ0) is 31.9. The lowest BCUT2D eigenvalue weighted by Gasteiger charge is -2.46. The second-order valence-corrected chi connectivity index (χ2v) is 12.7. The second kappa shape index (κ2) is 14.5. The molecule has 5 rings (SSSR count). The van der Waals surface area contributed by atoms with Crippen molar-refractivity contribution in [3.63, 3.8) is 0 Å². The highest BCUT2D eigenvalue weighted by atomic mass is 35.6. The van der Waals surface area contributed by atoms with Gasteiger partial charge in [0.2, 0.25) is 5.90 Å². The lowest BCUT2D eigenvalue weighted by molar-refractivity contribution is -0.136. The number of alkyl halides is 3. The first-order valence-electron chi connectivity index (χ1n) is 14.4. The van der Waals surface area contributed by atoms with Gasteiger partial charge in [-0.05, 0) is 22.3 Å². The van der Waals surface area contributed by atoms with E-state index in [-0.39, 0.29) is 6.61 Å². The largest absolute Gasteiger partial charge is 0.486 e. The van der Waals surface area contributed by atoms with E-state index in [0.29, 0.717) is 0 Å². The third kappa shape index (κ3) is 6.72. The highest BCUT2D eigenvalue weighted by molar-refractivity contribution is 6.76. The normalized spacial score (nSPS) is 17.5. The van der Waals surface area contributed by atoms with Gasteiger partial charge in [0.05, 0.1) is 0 Å². The first kappa shape index (κ1) is 33.2. The molecule has 4 aromatic carbocycles. The molecule has 2 atom stereocenters. The molecule has 0 aromatic heterocycles. The maximum atomic E-state index is 7.84. The Morgan fingerprint density at radius 1 is 0.667 bits per heavy atom. The zero-order valence-corrected chi connectivity index (χ0v) is 27.1. The topological polar surface area (TPSA) is 70.0 Å². The average molecular weight is 665 g/mol. The fraction of sp³-hybridized carbons (Fsp3) is 0.229. The van der Waals surface area contributed by atoms with Crippen LogP contribution >= 0.6 is 34.8 Å². The minimum Gasteiger partial charge on any atom is -0.474 e. The summed E-state index contributed by atoms with van der Waals surface area (Å²) in [4.78, 5) is 0. The van der Waals surface area contributed by atoms with Crippen LogP contribution in [0.2, 0.25) is 0 Å². The Balaban J connectivity index is 1.68. The molecule has 1 aliphatic heterocycles. The first-order chi connectivity index (χ1) is 21.8. The Labute approximate surface area is 279 Å². The molecule has 0 spiro atoms. The van der Waals surface area contributed by atoms with Gasteiger partial charge in [-0.15, -0.1) is 0 Å². The van der Waals surface area contributed by atoms with Crippen LogP contribution in [0.15, 0.2) is 133 Å². The number of methoxy groups -OCH3 is 2. The predicted octanol–water partition coefficient (Wildman–Crippen LogP) is 7.90. The minimum absolute atomic E-state index is 0.0368. The van der Waals surface area contributed by atoms with Crippen molar-refractivity contribution in [3.8, 4) is 0 Å². The summed E-state index contributed by atoms with van der Waals surface area (Å²) in [7, 11) is 2.51. The lowest BCUT2D eigenvalue weighted by Crippen LogP contribution is -2.56. The van der Waals surface area contributed by atoms with Gasteiger partial charge in [0, 0.05) is 14.2 Å². The van der Waals surface area contributed by atoms with Gasteiger partial charge >= 0.3 is 7.12 Å². The van der Waals surface area contributed by atoms with Gasteiger partial charge in [-0.2, -0.15) is 0 Å². The lowest BCUT2D eigenvalue weighted by atomic mass is 9.71. The third-order valence-electron chi connectivity index (χ3n) is 7.97. The van der Waals surface area contributed by atoms with E-state index in [1.165, 1.54) is 0 Å². The summed E-state index contributed by atoms with van der Waals surface area (Å²) in [5.41, 5.74) is 1.27. The maximum absolute atomic E-state index is 7.84. The summed E-state index contributed by atoms with van der Waals surface area (Å²) in [6.07, 6.45) is 0.166. The van der Waals surface area contributed by atoms with Crippen LogP contribution < -0.4 is 0 Å². The van der Waals surface area contributed by atoms with Crippen LogP contribution in [0.5, 0.6) is 0 Å². The van der Waals surface area contributed by atoms with Gasteiger partial charge in [0.25, 0.3) is 3.79 Å². The quantitative estimate of drug-likeness (QED) is 0.0765. The standard InChI is InChI=1S/C35H33BCl3NO5/c1-41-33(26-16-7-3-8-17-26,27-18-9-4-10-19-27)30-31(45-36(44-30)24-15-25-43-32(40)35(37,38)39)34(42-2,28-20-11-5-12-21-28)29-22-13-6-14-23-29/h3-24,30-31,40H,25H2,1-2H3/b24-15+,40-32?/t30-,31-/m1/s1. The van der Waals surface area contributed by atoms with E-state index in [0.717, 1.165) is 22.3 Å². The number of hydrogen-bond donors (Lipinski definition) is 1. The predicted molar refractivity (Wildman–Crippen MR) is 180 cm³/mol. The fourth-order valence-corrected chi connectivity index (χ4v) is 6.15. The second-order valence-electron chi connectivity index (χ2n) is 10.4. The molecule has 0 bridgehead atoms. The van der Waals surface area contributed by atoms with Crippen molar-refractivity contribution in [2.75, 3.05) is 20.8 Å². The van der Waals surface area contributed by atoms with E-state index < -0.39 is 40.2 Å². The number of rotatable bonds is 11. The summed E-state index contributed by atoms with van der Waals surface area (Å²) >= 11 is 17.3. The van der Waals surface area contributed by atoms with Gasteiger partial charge < -0.3 is 23.5 Å². The fourth-order valence-electron chi connectivity index (χ4n) is 5.99. The van der Waals surface area contributed by atoms with E-state index in [1.807, 2.05) is 121 Å². The van der Waals surface area contributed by atoms with E-state index in [2.05, 4.69) is 0 Å². The molecule has 0 unspecified atom stereocenters. The van der Waals surface area contributed by atoms with Crippen molar-refractivity contribution < 1.29 is 23.5 Å². The summed E-state index contributed by atoms with van der Waals surface area (Å²) in [6.45, 7) is -0.0368. The van der Waals surface area contributed by atoms with Gasteiger partial charge in [0.15, 0.2) is 0 Å². The zero-order valence-electron chi connectivity index (χ0n) is 24.8. The van der Waals surface area contributed by atoms with Crippen LogP contribution in [0, 0.1) is 5.41 Å². The molecule has 1 saturated heterocycles. The van der Waals surface area contributed by atoms with Gasteiger partial charge in [-0.1, -0.05) is 168 Å². The Morgan fingerprint density at radius 2 is 1.00 bits per heavy atom. The molecule has 1 heterocycles. The molecule has 0 radical (unpaired) electrons. The monoisotopic (exact) mass is 663 g/mol. The van der Waals surface area contributed by atoms with E-state index in [9.17, 15) is 0 Å². The van der Waals surface area contributed by atoms with E-state index >= 15 is 0 Å². The van der Waals surface area contributed by atoms with Crippen LogP contribution in [0.1, 0.15) is 22.3 Å². The molecule has 6 nitrogen and oxygen atoms in total. The maximum Gasteiger partial charge on any atom is 0.486 e. The average Bonchev–Trinajstić information content (AvgIpc) is 3.50. The van der Waals surface area contributed by atoms with E-state index in [4.69, 9.17) is 63.7 Å². The van der Waals surface area contributed by atoms with Crippen molar-refractivity contribution in [2.24, 2.45) is 0 Å². The molecule has 1 N–H and O–H groups in total. The summed E-state index contributed by atoms with van der Waals surface area (Å²) in [5, 5.41) is 7.84.